The van der Waals surface area contributed by atoms with Gasteiger partial charge >= 0.3 is 0 Å². The van der Waals surface area contributed by atoms with E-state index in [0.717, 1.165) is 57.9 Å². The van der Waals surface area contributed by atoms with Crippen molar-refractivity contribution >= 4 is 23.5 Å². The van der Waals surface area contributed by atoms with E-state index >= 15 is 0 Å². The molecule has 0 radical (unpaired) electrons. The molecule has 0 aliphatic carbocycles. The van der Waals surface area contributed by atoms with Crippen LogP contribution < -0.4 is 26.4 Å². The molecule has 1 aromatic heterocycles. The van der Waals surface area contributed by atoms with Crippen molar-refractivity contribution in [2.45, 2.75) is 12.8 Å². The van der Waals surface area contributed by atoms with Crippen LogP contribution in [-0.2, 0) is 0 Å². The number of unbranched alkanes of at least 4 members (excludes halogenated alkanes) is 1. The maximum absolute atomic E-state index is 5.56. The van der Waals surface area contributed by atoms with Crippen LogP contribution in [0.4, 0.5) is 23.5 Å². The van der Waals surface area contributed by atoms with E-state index in [9.17, 15) is 0 Å². The fraction of sp³-hybridized carbons (Fsp3) is 0.500. The molecule has 3 rings (SSSR count). The Morgan fingerprint density at radius 1 is 1.00 bits per heavy atom. The summed E-state index contributed by atoms with van der Waals surface area (Å²) in [5, 5.41) is 3.14. The van der Waals surface area contributed by atoms with Crippen LogP contribution in [0.3, 0.4) is 0 Å². The number of hydrogen-bond acceptors (Lipinski definition) is 9. The summed E-state index contributed by atoms with van der Waals surface area (Å²) in [7, 11) is 1.72. The molecule has 0 unspecified atom stereocenters. The first-order valence-electron chi connectivity index (χ1n) is 9.27. The van der Waals surface area contributed by atoms with Crippen molar-refractivity contribution in [2.75, 3.05) is 68.1 Å². The molecule has 1 aliphatic rings. The lowest BCUT2D eigenvalue weighted by atomic mass is 10.2. The highest BCUT2D eigenvalue weighted by Crippen LogP contribution is 2.28. The molecule has 2 aromatic rings. The standard InChI is InChI=1S/C18H28N8O/c1-27-15-7-3-2-6-14(15)26-12-10-25(11-13-26)9-5-4-8-21-18-23-16(19)22-17(20)24-18/h2-3,6-7H,4-5,8-13H2,1H3,(H5,19,20,21,22,23,24). The number of nitrogens with zero attached hydrogens (tertiary/aromatic N) is 5. The van der Waals surface area contributed by atoms with Gasteiger partial charge in [-0.05, 0) is 31.5 Å². The van der Waals surface area contributed by atoms with E-state index in [4.69, 9.17) is 16.2 Å². The van der Waals surface area contributed by atoms with Gasteiger partial charge in [0.15, 0.2) is 0 Å². The maximum Gasteiger partial charge on any atom is 0.229 e. The molecule has 0 bridgehead atoms. The van der Waals surface area contributed by atoms with Gasteiger partial charge in [-0.1, -0.05) is 12.1 Å². The summed E-state index contributed by atoms with van der Waals surface area (Å²) in [4.78, 5) is 16.7. The Morgan fingerprint density at radius 2 is 1.70 bits per heavy atom. The van der Waals surface area contributed by atoms with Crippen molar-refractivity contribution in [2.24, 2.45) is 0 Å². The Morgan fingerprint density at radius 3 is 2.41 bits per heavy atom. The van der Waals surface area contributed by atoms with E-state index in [1.165, 1.54) is 5.69 Å². The molecule has 1 saturated heterocycles. The highest BCUT2D eigenvalue weighted by molar-refractivity contribution is 5.58. The second kappa shape index (κ2) is 9.22. The predicted molar refractivity (Wildman–Crippen MR) is 108 cm³/mol. The third kappa shape index (κ3) is 5.33. The van der Waals surface area contributed by atoms with E-state index in [1.54, 1.807) is 7.11 Å². The van der Waals surface area contributed by atoms with E-state index in [2.05, 4.69) is 42.2 Å². The van der Waals surface area contributed by atoms with Gasteiger partial charge in [-0.3, -0.25) is 4.90 Å². The Balaban J connectivity index is 1.35. The number of methoxy groups -OCH3 is 1. The van der Waals surface area contributed by atoms with Crippen LogP contribution >= 0.6 is 0 Å². The van der Waals surface area contributed by atoms with Crippen molar-refractivity contribution in [1.82, 2.24) is 19.9 Å². The van der Waals surface area contributed by atoms with Gasteiger partial charge in [-0.15, -0.1) is 0 Å². The van der Waals surface area contributed by atoms with Crippen molar-refractivity contribution in [3.63, 3.8) is 0 Å². The van der Waals surface area contributed by atoms with Crippen LogP contribution in [0, 0.1) is 0 Å². The minimum absolute atomic E-state index is 0.137. The highest BCUT2D eigenvalue weighted by atomic mass is 16.5. The molecule has 0 amide bonds. The minimum atomic E-state index is 0.137. The number of ether oxygens (including phenoxy) is 1. The van der Waals surface area contributed by atoms with Crippen molar-refractivity contribution in [3.8, 4) is 5.75 Å². The normalized spacial score (nSPS) is 14.9. The summed E-state index contributed by atoms with van der Waals surface area (Å²) in [6.07, 6.45) is 2.13. The lowest BCUT2D eigenvalue weighted by Gasteiger charge is -2.36. The molecule has 9 nitrogen and oxygen atoms in total. The van der Waals surface area contributed by atoms with Crippen LogP contribution in [0.25, 0.3) is 0 Å². The van der Waals surface area contributed by atoms with Gasteiger partial charge in [0.25, 0.3) is 0 Å². The fourth-order valence-electron chi connectivity index (χ4n) is 3.25. The molecular weight excluding hydrogens is 344 g/mol. The lowest BCUT2D eigenvalue weighted by Crippen LogP contribution is -2.46. The molecule has 1 aliphatic heterocycles. The quantitative estimate of drug-likeness (QED) is 0.584. The van der Waals surface area contributed by atoms with Gasteiger partial charge < -0.3 is 26.4 Å². The second-order valence-electron chi connectivity index (χ2n) is 6.51. The number of nitrogens with one attached hydrogen (secondary N) is 1. The van der Waals surface area contributed by atoms with E-state index in [-0.39, 0.29) is 11.9 Å². The zero-order chi connectivity index (χ0) is 19.1. The van der Waals surface area contributed by atoms with Crippen LogP contribution in [0.1, 0.15) is 12.8 Å². The smallest absolute Gasteiger partial charge is 0.229 e. The molecular formula is C18H28N8O. The molecule has 0 atom stereocenters. The van der Waals surface area contributed by atoms with Crippen LogP contribution in [0.2, 0.25) is 0 Å². The number of aromatic nitrogens is 3. The molecule has 0 spiro atoms. The van der Waals surface area contributed by atoms with E-state index in [0.29, 0.717) is 5.95 Å². The number of piperazine rings is 1. The topological polar surface area (TPSA) is 118 Å². The summed E-state index contributed by atoms with van der Waals surface area (Å²) in [5.41, 5.74) is 12.3. The third-order valence-electron chi connectivity index (χ3n) is 4.65. The molecule has 2 heterocycles. The molecule has 9 heteroatoms. The van der Waals surface area contributed by atoms with Gasteiger partial charge in [-0.25, -0.2) is 0 Å². The van der Waals surface area contributed by atoms with Crippen molar-refractivity contribution < 1.29 is 4.74 Å². The SMILES string of the molecule is COc1ccccc1N1CCN(CCCCNc2nc(N)nc(N)n2)CC1. The average Bonchev–Trinajstić information content (AvgIpc) is 2.67. The third-order valence-corrected chi connectivity index (χ3v) is 4.65. The van der Waals surface area contributed by atoms with Gasteiger partial charge in [0, 0.05) is 32.7 Å². The first-order valence-corrected chi connectivity index (χ1v) is 9.27. The Labute approximate surface area is 159 Å². The summed E-state index contributed by atoms with van der Waals surface area (Å²) in [6.45, 7) is 6.02. The summed E-state index contributed by atoms with van der Waals surface area (Å²) >= 11 is 0. The summed E-state index contributed by atoms with van der Waals surface area (Å²) < 4.78 is 5.48. The zero-order valence-electron chi connectivity index (χ0n) is 15.8. The molecule has 1 aromatic carbocycles. The number of nitrogen functional groups attached to an aromatic ring is 2. The van der Waals surface area contributed by atoms with Gasteiger partial charge in [0.1, 0.15) is 5.75 Å². The van der Waals surface area contributed by atoms with Gasteiger partial charge in [0.05, 0.1) is 12.8 Å². The largest absolute Gasteiger partial charge is 0.495 e. The first-order chi connectivity index (χ1) is 13.2. The fourth-order valence-corrected chi connectivity index (χ4v) is 3.25. The maximum atomic E-state index is 5.56. The molecule has 5 N–H and O–H groups in total. The van der Waals surface area contributed by atoms with Crippen molar-refractivity contribution in [1.29, 1.82) is 0 Å². The number of benzene rings is 1. The number of hydrogen-bond donors (Lipinski definition) is 3. The van der Waals surface area contributed by atoms with E-state index < -0.39 is 0 Å². The molecule has 0 saturated carbocycles. The van der Waals surface area contributed by atoms with Crippen molar-refractivity contribution in [3.05, 3.63) is 24.3 Å². The van der Waals surface area contributed by atoms with Crippen LogP contribution in [0.15, 0.2) is 24.3 Å². The second-order valence-corrected chi connectivity index (χ2v) is 6.51. The number of rotatable bonds is 8. The van der Waals surface area contributed by atoms with E-state index in [1.807, 2.05) is 12.1 Å². The lowest BCUT2D eigenvalue weighted by molar-refractivity contribution is 0.253. The Hall–Kier alpha value is -2.81. The van der Waals surface area contributed by atoms with Crippen LogP contribution in [0.5, 0.6) is 5.75 Å². The summed E-state index contributed by atoms with van der Waals surface area (Å²) in [6, 6.07) is 8.21. The predicted octanol–water partition coefficient (Wildman–Crippen LogP) is 1.06. The minimum Gasteiger partial charge on any atom is -0.495 e. The zero-order valence-corrected chi connectivity index (χ0v) is 15.8. The van der Waals surface area contributed by atoms with Gasteiger partial charge in [0.2, 0.25) is 17.8 Å². The number of para-hydroxylation sites is 2. The molecule has 27 heavy (non-hydrogen) atoms. The van der Waals surface area contributed by atoms with Gasteiger partial charge in [-0.2, -0.15) is 15.0 Å². The molecule has 1 fully saturated rings. The average molecular weight is 372 g/mol. The first kappa shape index (κ1) is 19.0. The summed E-state index contributed by atoms with van der Waals surface area (Å²) in [5.74, 6) is 1.65. The molecule has 146 valence electrons. The van der Waals surface area contributed by atoms with Crippen LogP contribution in [-0.4, -0.2) is 66.2 Å². The highest BCUT2D eigenvalue weighted by Gasteiger charge is 2.18. The Kier molecular flexibility index (Phi) is 6.48. The number of anilines is 4. The monoisotopic (exact) mass is 372 g/mol. The number of nitrogens with two attached hydrogens (primary N) is 2. The Bertz CT molecular complexity index is 713.